The van der Waals surface area contributed by atoms with Gasteiger partial charge in [0, 0.05) is 52.3 Å². The fourth-order valence-corrected chi connectivity index (χ4v) is 10.6. The van der Waals surface area contributed by atoms with Gasteiger partial charge in [0.15, 0.2) is 24.1 Å². The molecule has 2 aliphatic heterocycles. The number of nitrogens with zero attached hydrogens (tertiary/aromatic N) is 3. The molecule has 0 aliphatic carbocycles. The van der Waals surface area contributed by atoms with E-state index in [1.54, 1.807) is 0 Å². The lowest BCUT2D eigenvalue weighted by molar-refractivity contribution is -0.720. The lowest BCUT2D eigenvalue weighted by atomic mass is 9.77. The standard InChI is InChI=1S/C62H55N3/c1-40-31-33-65-58(35-40)52-20-14-13-19-50(52)53-26-25-44-23-24-47(38-56(44)60-39-48(62(4,5)6)32-34-64(60)42(3)36-59(53)65)49-27-28-51(54-29-30-57(63-61(49)54)45-17-11-8-12-18-45)55-37-46(22-21-41(55)2)43-15-9-7-10-16-43/h7-24,27-35,37-39,53,59H,3,25-26,36H2,1-2,4-6H3/q+2. The minimum absolute atomic E-state index is 0.0332. The first kappa shape index (κ1) is 40.5. The van der Waals surface area contributed by atoms with Crippen molar-refractivity contribution in [3.05, 3.63) is 217 Å². The highest BCUT2D eigenvalue weighted by molar-refractivity contribution is 6.04. The van der Waals surface area contributed by atoms with Gasteiger partial charge in [-0.05, 0) is 125 Å². The lowest BCUT2D eigenvalue weighted by Gasteiger charge is -2.31. The van der Waals surface area contributed by atoms with E-state index in [4.69, 9.17) is 11.6 Å². The van der Waals surface area contributed by atoms with Crippen LogP contribution in [0.2, 0.25) is 0 Å². The molecule has 2 atom stereocenters. The van der Waals surface area contributed by atoms with E-state index in [1.807, 2.05) is 0 Å². The average Bonchev–Trinajstić information content (AvgIpc) is 3.33. The van der Waals surface area contributed by atoms with E-state index in [9.17, 15) is 0 Å². The molecule has 3 nitrogen and oxygen atoms in total. The first-order chi connectivity index (χ1) is 31.6. The van der Waals surface area contributed by atoms with Crippen LogP contribution in [-0.2, 0) is 11.8 Å². The predicted molar refractivity (Wildman–Crippen MR) is 269 cm³/mol. The number of pyridine rings is 3. The molecule has 0 N–H and O–H groups in total. The van der Waals surface area contributed by atoms with Crippen LogP contribution in [0.5, 0.6) is 0 Å². The summed E-state index contributed by atoms with van der Waals surface area (Å²) in [6.07, 6.45) is 7.42. The van der Waals surface area contributed by atoms with Crippen molar-refractivity contribution < 1.29 is 9.13 Å². The number of fused-ring (bicyclic) bond motifs is 10. The Kier molecular flexibility index (Phi) is 10.0. The highest BCUT2D eigenvalue weighted by atomic mass is 15.0. The molecular weight excluding hydrogens is 787 g/mol. The molecule has 0 fully saturated rings. The SMILES string of the molecule is C=C1CC2C(CCc3ccc(-c4ccc(-c5cc(-c6ccccc6)ccc5C)c5ccc(-c6ccccc6)nc45)cc3-c3cc(C(C)(C)C)cc[n+]31)c1ccccc1-c1cc(C)cc[n+]12. The van der Waals surface area contributed by atoms with Gasteiger partial charge in [0.1, 0.15) is 0 Å². The number of hydrogen-bond acceptors (Lipinski definition) is 1. The van der Waals surface area contributed by atoms with Gasteiger partial charge in [-0.25, -0.2) is 4.98 Å². The molecule has 6 aromatic carbocycles. The minimum atomic E-state index is -0.0332. The van der Waals surface area contributed by atoms with E-state index in [2.05, 4.69) is 226 Å². The second kappa shape index (κ2) is 16.1. The van der Waals surface area contributed by atoms with E-state index in [0.29, 0.717) is 5.92 Å². The molecule has 0 radical (unpaired) electrons. The van der Waals surface area contributed by atoms with Gasteiger partial charge in [-0.1, -0.05) is 136 Å². The molecule has 0 bridgehead atoms. The van der Waals surface area contributed by atoms with Crippen LogP contribution in [0.3, 0.4) is 0 Å². The van der Waals surface area contributed by atoms with Crippen LogP contribution >= 0.6 is 0 Å². The molecular formula is C62H55N3+2. The first-order valence-electron chi connectivity index (χ1n) is 23.2. The summed E-state index contributed by atoms with van der Waals surface area (Å²) in [5.41, 5.74) is 23.0. The second-order valence-electron chi connectivity index (χ2n) is 19.4. The summed E-state index contributed by atoms with van der Waals surface area (Å²) in [6.45, 7) is 16.3. The highest BCUT2D eigenvalue weighted by Crippen LogP contribution is 2.46. The zero-order chi connectivity index (χ0) is 44.4. The normalized spacial score (nSPS) is 15.6. The number of aromatic nitrogens is 3. The molecule has 9 aromatic rings. The molecule has 316 valence electrons. The van der Waals surface area contributed by atoms with Crippen molar-refractivity contribution in [1.29, 1.82) is 0 Å². The maximum absolute atomic E-state index is 5.56. The number of allylic oxidation sites excluding steroid dienone is 1. The van der Waals surface area contributed by atoms with Gasteiger partial charge in [-0.15, -0.1) is 0 Å². The molecule has 0 amide bonds. The van der Waals surface area contributed by atoms with E-state index in [-0.39, 0.29) is 11.5 Å². The summed E-state index contributed by atoms with van der Waals surface area (Å²) >= 11 is 0. The van der Waals surface area contributed by atoms with Crippen molar-refractivity contribution in [2.45, 2.75) is 71.3 Å². The molecule has 2 aliphatic rings. The quantitative estimate of drug-likeness (QED) is 0.162. The third kappa shape index (κ3) is 7.30. The Bertz CT molecular complexity index is 3320. The lowest BCUT2D eigenvalue weighted by Crippen LogP contribution is -2.49. The summed E-state index contributed by atoms with van der Waals surface area (Å²) in [5.74, 6) is 0.327. The van der Waals surface area contributed by atoms with Gasteiger partial charge in [-0.2, -0.15) is 9.13 Å². The molecule has 65 heavy (non-hydrogen) atoms. The van der Waals surface area contributed by atoms with Gasteiger partial charge in [0.05, 0.1) is 23.2 Å². The first-order valence-corrected chi connectivity index (χ1v) is 23.2. The van der Waals surface area contributed by atoms with Crippen molar-refractivity contribution >= 4 is 16.6 Å². The van der Waals surface area contributed by atoms with Crippen LogP contribution in [-0.4, -0.2) is 4.98 Å². The average molecular weight is 842 g/mol. The fraction of sp³-hybridized carbons (Fsp3) is 0.177. The summed E-state index contributed by atoms with van der Waals surface area (Å²) in [6, 6.07) is 63.1. The third-order valence-corrected chi connectivity index (χ3v) is 14.2. The number of hydrogen-bond donors (Lipinski definition) is 0. The molecule has 3 aromatic heterocycles. The maximum Gasteiger partial charge on any atom is 0.218 e. The number of aryl methyl sites for hydroxylation is 3. The predicted octanol–water partition coefficient (Wildman–Crippen LogP) is 14.9. The maximum atomic E-state index is 5.56. The summed E-state index contributed by atoms with van der Waals surface area (Å²) in [4.78, 5) is 5.56. The van der Waals surface area contributed by atoms with Crippen LogP contribution < -0.4 is 9.13 Å². The molecule has 0 spiro atoms. The Morgan fingerprint density at radius 2 is 1.29 bits per heavy atom. The molecule has 11 rings (SSSR count). The van der Waals surface area contributed by atoms with E-state index >= 15 is 0 Å². The van der Waals surface area contributed by atoms with Crippen LogP contribution in [0, 0.1) is 13.8 Å². The third-order valence-electron chi connectivity index (χ3n) is 14.2. The van der Waals surface area contributed by atoms with Gasteiger partial charge in [0.2, 0.25) is 11.4 Å². The van der Waals surface area contributed by atoms with Crippen molar-refractivity contribution in [3.63, 3.8) is 0 Å². The molecule has 2 unspecified atom stereocenters. The fourth-order valence-electron chi connectivity index (χ4n) is 10.6. The van der Waals surface area contributed by atoms with Crippen LogP contribution in [0.15, 0.2) is 189 Å². The zero-order valence-electron chi connectivity index (χ0n) is 38.1. The van der Waals surface area contributed by atoms with Crippen LogP contribution in [0.4, 0.5) is 0 Å². The Morgan fingerprint density at radius 1 is 0.569 bits per heavy atom. The smallest absolute Gasteiger partial charge is 0.218 e. The Balaban J connectivity index is 1.11. The topological polar surface area (TPSA) is 20.6 Å². The van der Waals surface area contributed by atoms with Crippen LogP contribution in [0.1, 0.15) is 73.4 Å². The summed E-state index contributed by atoms with van der Waals surface area (Å²) in [7, 11) is 0. The van der Waals surface area contributed by atoms with E-state index in [1.165, 1.54) is 72.6 Å². The highest BCUT2D eigenvalue weighted by Gasteiger charge is 2.42. The van der Waals surface area contributed by atoms with E-state index < -0.39 is 0 Å². The number of rotatable bonds is 4. The van der Waals surface area contributed by atoms with E-state index in [0.717, 1.165) is 58.2 Å². The molecule has 3 heteroatoms. The van der Waals surface area contributed by atoms with Gasteiger partial charge in [0.25, 0.3) is 0 Å². The number of benzene rings is 6. The Morgan fingerprint density at radius 3 is 2.09 bits per heavy atom. The monoisotopic (exact) mass is 841 g/mol. The van der Waals surface area contributed by atoms with Gasteiger partial charge >= 0.3 is 0 Å². The molecule has 5 heterocycles. The Hall–Kier alpha value is -7.23. The van der Waals surface area contributed by atoms with Gasteiger partial charge < -0.3 is 0 Å². The largest absolute Gasteiger partial charge is 0.247 e. The second-order valence-corrected chi connectivity index (χ2v) is 19.4. The Labute approximate surface area is 384 Å². The van der Waals surface area contributed by atoms with Crippen molar-refractivity contribution in [3.8, 4) is 67.2 Å². The molecule has 0 saturated carbocycles. The van der Waals surface area contributed by atoms with Crippen molar-refractivity contribution in [1.82, 2.24) is 4.98 Å². The van der Waals surface area contributed by atoms with Crippen molar-refractivity contribution in [2.75, 3.05) is 0 Å². The zero-order valence-corrected chi connectivity index (χ0v) is 38.1. The molecule has 0 saturated heterocycles. The summed E-state index contributed by atoms with van der Waals surface area (Å²) in [5, 5.41) is 1.14. The van der Waals surface area contributed by atoms with Crippen molar-refractivity contribution in [2.24, 2.45) is 0 Å². The summed E-state index contributed by atoms with van der Waals surface area (Å²) < 4.78 is 4.94. The van der Waals surface area contributed by atoms with Crippen LogP contribution in [0.25, 0.3) is 83.8 Å². The minimum Gasteiger partial charge on any atom is -0.247 e. The van der Waals surface area contributed by atoms with Gasteiger partial charge in [-0.3, -0.25) is 0 Å².